The molecule has 0 spiro atoms. The number of hydrogen-bond acceptors (Lipinski definition) is 7. The summed E-state index contributed by atoms with van der Waals surface area (Å²) in [5, 5.41) is 18.6. The highest BCUT2D eigenvalue weighted by molar-refractivity contribution is 7.90. The van der Waals surface area contributed by atoms with Crippen molar-refractivity contribution in [2.24, 2.45) is 0 Å². The summed E-state index contributed by atoms with van der Waals surface area (Å²) in [5.74, 6) is -0.513. The van der Waals surface area contributed by atoms with Crippen molar-refractivity contribution in [2.75, 3.05) is 0 Å². The minimum Gasteiger partial charge on any atom is -0.487 e. The maximum Gasteiger partial charge on any atom is 0.335 e. The Hall–Kier alpha value is -3.89. The van der Waals surface area contributed by atoms with Gasteiger partial charge in [0, 0.05) is 17.5 Å². The highest BCUT2D eigenvalue weighted by Crippen LogP contribution is 2.42. The summed E-state index contributed by atoms with van der Waals surface area (Å²) in [5.41, 5.74) is 3.65. The van der Waals surface area contributed by atoms with Crippen LogP contribution < -0.4 is 9.47 Å². The number of hydrogen-bond donors (Lipinski definition) is 1. The molecule has 1 saturated carbocycles. The monoisotopic (exact) mass is 551 g/mol. The second-order valence-corrected chi connectivity index (χ2v) is 11.8. The quantitative estimate of drug-likeness (QED) is 0.335. The van der Waals surface area contributed by atoms with Crippen molar-refractivity contribution in [1.29, 1.82) is 0 Å². The number of aromatic nitrogens is 3. The van der Waals surface area contributed by atoms with Gasteiger partial charge < -0.3 is 14.6 Å². The van der Waals surface area contributed by atoms with Gasteiger partial charge in [-0.15, -0.1) is 5.10 Å². The third-order valence-corrected chi connectivity index (χ3v) is 8.65. The van der Waals surface area contributed by atoms with Crippen molar-refractivity contribution in [3.05, 3.63) is 87.7 Å². The van der Waals surface area contributed by atoms with Crippen molar-refractivity contribution in [1.82, 2.24) is 15.0 Å². The van der Waals surface area contributed by atoms with Gasteiger partial charge >= 0.3 is 5.97 Å². The predicted octanol–water partition coefficient (Wildman–Crippen LogP) is 5.46. The molecular formula is C27H22ClN3O6S. The Morgan fingerprint density at radius 2 is 1.97 bits per heavy atom. The summed E-state index contributed by atoms with van der Waals surface area (Å²) >= 11 is 6.51. The van der Waals surface area contributed by atoms with Crippen molar-refractivity contribution in [2.45, 2.75) is 42.9 Å². The number of fused-ring (bicyclic) bond motifs is 2. The van der Waals surface area contributed by atoms with Crippen LogP contribution in [0, 0.1) is 6.92 Å². The van der Waals surface area contributed by atoms with Gasteiger partial charge in [-0.25, -0.2) is 17.9 Å². The number of carboxylic acid groups (broad SMARTS) is 1. The number of aromatic carboxylic acids is 1. The number of para-hydroxylation sites is 1. The highest BCUT2D eigenvalue weighted by atomic mass is 35.5. The van der Waals surface area contributed by atoms with Gasteiger partial charge in [0.05, 0.1) is 27.7 Å². The Kier molecular flexibility index (Phi) is 5.88. The minimum absolute atomic E-state index is 0.00926. The van der Waals surface area contributed by atoms with Crippen molar-refractivity contribution in [3.8, 4) is 22.9 Å². The zero-order valence-corrected chi connectivity index (χ0v) is 21.8. The first kappa shape index (κ1) is 24.4. The molecule has 6 rings (SSSR count). The lowest BCUT2D eigenvalue weighted by molar-refractivity contribution is 0.0696. The van der Waals surface area contributed by atoms with Crippen LogP contribution >= 0.6 is 11.6 Å². The average Bonchev–Trinajstić information content (AvgIpc) is 3.65. The SMILES string of the molecule is Cc1cccc(Cl)c1-n1nnc(C2CC2)c1COc1ccc2c(c1)S(=O)(=O)Cc1ccc(C(=O)O)cc1O2. The molecule has 1 aliphatic heterocycles. The molecule has 4 aromatic rings. The lowest BCUT2D eigenvalue weighted by Gasteiger charge is -2.14. The van der Waals surface area contributed by atoms with Crippen LogP contribution in [0.2, 0.25) is 5.02 Å². The van der Waals surface area contributed by atoms with Crippen LogP contribution in [0.5, 0.6) is 17.2 Å². The normalized spacial score (nSPS) is 15.6. The van der Waals surface area contributed by atoms with Crippen LogP contribution in [0.15, 0.2) is 59.5 Å². The van der Waals surface area contributed by atoms with Crippen molar-refractivity contribution >= 4 is 27.4 Å². The van der Waals surface area contributed by atoms with E-state index in [1.54, 1.807) is 16.8 Å². The third kappa shape index (κ3) is 4.39. The lowest BCUT2D eigenvalue weighted by atomic mass is 10.1. The van der Waals surface area contributed by atoms with E-state index in [4.69, 9.17) is 21.1 Å². The van der Waals surface area contributed by atoms with E-state index in [0.29, 0.717) is 22.3 Å². The van der Waals surface area contributed by atoms with E-state index >= 15 is 0 Å². The van der Waals surface area contributed by atoms with Gasteiger partial charge in [-0.05, 0) is 55.7 Å². The highest BCUT2D eigenvalue weighted by Gasteiger charge is 2.32. The van der Waals surface area contributed by atoms with E-state index < -0.39 is 15.8 Å². The molecule has 1 N–H and O–H groups in total. The molecule has 0 radical (unpaired) electrons. The minimum atomic E-state index is -3.79. The summed E-state index contributed by atoms with van der Waals surface area (Å²) in [6.07, 6.45) is 2.04. The number of nitrogens with zero attached hydrogens (tertiary/aromatic N) is 3. The van der Waals surface area contributed by atoms with E-state index in [-0.39, 0.29) is 34.3 Å². The van der Waals surface area contributed by atoms with Crippen molar-refractivity contribution in [3.63, 3.8) is 0 Å². The topological polar surface area (TPSA) is 121 Å². The number of carboxylic acids is 1. The fourth-order valence-electron chi connectivity index (χ4n) is 4.55. The molecule has 2 aliphatic rings. The maximum atomic E-state index is 13.2. The predicted molar refractivity (Wildman–Crippen MR) is 138 cm³/mol. The van der Waals surface area contributed by atoms with E-state index in [2.05, 4.69) is 10.3 Å². The fourth-order valence-corrected chi connectivity index (χ4v) is 6.37. The molecule has 1 aromatic heterocycles. The van der Waals surface area contributed by atoms with E-state index in [1.807, 2.05) is 19.1 Å². The largest absolute Gasteiger partial charge is 0.487 e. The number of ether oxygens (including phenoxy) is 2. The van der Waals surface area contributed by atoms with Crippen LogP contribution in [-0.2, 0) is 22.2 Å². The number of sulfone groups is 1. The Labute approximate surface area is 223 Å². The second-order valence-electron chi connectivity index (χ2n) is 9.40. The van der Waals surface area contributed by atoms with Gasteiger partial charge in [-0.2, -0.15) is 0 Å². The standard InChI is InChI=1S/C27H22ClN3O6S/c1-15-3-2-4-20(28)26(15)31-21(25(29-30-31)16-5-6-16)13-36-19-9-10-22-24(12-19)38(34,35)14-18-8-7-17(27(32)33)11-23(18)37-22/h2-4,7-12,16H,5-6,13-14H2,1H3,(H,32,33). The number of rotatable bonds is 6. The van der Waals surface area contributed by atoms with E-state index in [0.717, 1.165) is 35.5 Å². The summed E-state index contributed by atoms with van der Waals surface area (Å²) in [6.45, 7) is 2.05. The summed E-state index contributed by atoms with van der Waals surface area (Å²) in [6, 6.07) is 14.3. The second kappa shape index (κ2) is 9.14. The summed E-state index contributed by atoms with van der Waals surface area (Å²) in [4.78, 5) is 11.3. The maximum absolute atomic E-state index is 13.2. The van der Waals surface area contributed by atoms with E-state index in [1.165, 1.54) is 30.3 Å². The molecule has 194 valence electrons. The Balaban J connectivity index is 1.33. The first-order valence-electron chi connectivity index (χ1n) is 11.9. The molecule has 0 amide bonds. The third-order valence-electron chi connectivity index (χ3n) is 6.66. The molecule has 2 heterocycles. The van der Waals surface area contributed by atoms with Gasteiger partial charge in [0.2, 0.25) is 0 Å². The van der Waals surface area contributed by atoms with Crippen LogP contribution in [-0.4, -0.2) is 34.5 Å². The average molecular weight is 552 g/mol. The van der Waals surface area contributed by atoms with E-state index in [9.17, 15) is 18.3 Å². The summed E-state index contributed by atoms with van der Waals surface area (Å²) < 4.78 is 40.1. The Morgan fingerprint density at radius 3 is 2.71 bits per heavy atom. The molecule has 0 unspecified atom stereocenters. The summed E-state index contributed by atoms with van der Waals surface area (Å²) in [7, 11) is -3.79. The van der Waals surface area contributed by atoms with Crippen molar-refractivity contribution < 1.29 is 27.8 Å². The Bertz CT molecular complexity index is 1690. The first-order valence-corrected chi connectivity index (χ1v) is 14.0. The van der Waals surface area contributed by atoms with Gasteiger partial charge in [-0.3, -0.25) is 0 Å². The molecule has 1 aliphatic carbocycles. The van der Waals surface area contributed by atoms with Crippen LogP contribution in [0.4, 0.5) is 0 Å². The Morgan fingerprint density at radius 1 is 1.16 bits per heavy atom. The molecular weight excluding hydrogens is 530 g/mol. The molecule has 0 atom stereocenters. The molecule has 1 fully saturated rings. The first-order chi connectivity index (χ1) is 18.2. The van der Waals surface area contributed by atoms with Crippen LogP contribution in [0.3, 0.4) is 0 Å². The number of halogens is 1. The van der Waals surface area contributed by atoms with Crippen LogP contribution in [0.25, 0.3) is 5.69 Å². The molecule has 11 heteroatoms. The molecule has 38 heavy (non-hydrogen) atoms. The van der Waals surface area contributed by atoms with Gasteiger partial charge in [0.25, 0.3) is 0 Å². The smallest absolute Gasteiger partial charge is 0.335 e. The number of carbonyl (C=O) groups is 1. The van der Waals surface area contributed by atoms with Gasteiger partial charge in [0.1, 0.15) is 34.4 Å². The van der Waals surface area contributed by atoms with Gasteiger partial charge in [0.15, 0.2) is 9.84 Å². The number of aryl methyl sites for hydroxylation is 1. The number of benzene rings is 3. The van der Waals surface area contributed by atoms with Gasteiger partial charge in [-0.1, -0.05) is 35.0 Å². The fraction of sp³-hybridized carbons (Fsp3) is 0.222. The zero-order chi connectivity index (χ0) is 26.6. The molecule has 0 saturated heterocycles. The molecule has 3 aromatic carbocycles. The van der Waals surface area contributed by atoms with Crippen LogP contribution in [0.1, 0.15) is 51.6 Å². The zero-order valence-electron chi connectivity index (χ0n) is 20.2. The lowest BCUT2D eigenvalue weighted by Crippen LogP contribution is -2.10. The molecule has 0 bridgehead atoms. The molecule has 9 nitrogen and oxygen atoms in total.